The third-order valence-corrected chi connectivity index (χ3v) is 74.6. The van der Waals surface area contributed by atoms with E-state index in [-0.39, 0.29) is 69.9 Å². The normalized spacial score (nSPS) is 20.6. The van der Waals surface area contributed by atoms with Gasteiger partial charge in [0.15, 0.2) is 0 Å². The molecular formula is C97H59B22N7O8P6-3. The van der Waals surface area contributed by atoms with Gasteiger partial charge >= 0.3 is 653 Å². The van der Waals surface area contributed by atoms with Crippen LogP contribution in [0, 0.1) is 6.92 Å². The Labute approximate surface area is 812 Å². The zero-order chi connectivity index (χ0) is 89.2. The van der Waals surface area contributed by atoms with Crippen molar-refractivity contribution >= 4 is 356 Å². The van der Waals surface area contributed by atoms with Crippen LogP contribution in [0.5, 0.6) is 92.0 Å². The van der Waals surface area contributed by atoms with Gasteiger partial charge in [0.1, 0.15) is 23.0 Å². The molecule has 43 heteroatoms. The number of hydrogen-bond donors (Lipinski definition) is 0. The summed E-state index contributed by atoms with van der Waals surface area (Å²) in [5.41, 5.74) is 31.8. The number of aryl methyl sites for hydroxylation is 1. The molecule has 4 aromatic heterocycles. The summed E-state index contributed by atoms with van der Waals surface area (Å²) in [6.07, 6.45) is 2.83. The van der Waals surface area contributed by atoms with Crippen molar-refractivity contribution in [2.45, 2.75) is 6.92 Å². The molecule has 12 fully saturated rings. The van der Waals surface area contributed by atoms with Crippen molar-refractivity contribution in [1.82, 2.24) is 18.3 Å². The Morgan fingerprint density at radius 3 is 1.07 bits per heavy atom. The van der Waals surface area contributed by atoms with Gasteiger partial charge < -0.3 is 14.0 Å². The minimum atomic E-state index is -2.16. The average molecular weight is 1870 g/mol. The number of rotatable bonds is 6. The van der Waals surface area contributed by atoms with Crippen molar-refractivity contribution in [3.05, 3.63) is 272 Å². The van der Waals surface area contributed by atoms with Gasteiger partial charge in [-0.2, -0.15) is 0 Å². The fraction of sp³-hybridized carbons (Fsp3) is 0.0103. The summed E-state index contributed by atoms with van der Waals surface area (Å²) in [4.78, 5) is 0. The Balaban J connectivity index is 0.0000000738. The second-order valence-electron chi connectivity index (χ2n) is 47.1. The molecule has 16 aromatic carbocycles. The van der Waals surface area contributed by atoms with E-state index in [4.69, 9.17) is 51.4 Å². The zero-order valence-electron chi connectivity index (χ0n) is 76.7. The monoisotopic (exact) mass is 1880 g/mol. The topological polar surface area (TPSA) is 131 Å². The first-order valence-corrected chi connectivity index (χ1v) is 64.6. The minimum absolute atomic E-state index is 0.00519. The maximum absolute atomic E-state index is 7.05. The number of ether oxygens (including phenoxy) is 8. The SMILES string of the molecule is Cc1cccc2c1c1ccc3c4c1n2-c1cccc2c1B4c1c(cccc1O3)O2.[B]1B2[BH2-]P12(N=[P+]1B2[BH2-]B21)c1cc2c3c4c1c1ccccc1n4-c1cccc4c1B3c1c(cccc1O2)O4.[B]1B2[BH2-]P12(N=[P+]1B2[BH2-]B21)c1cc2c3ccccc3n3c2c2c1Oc1cccc4c1B2c1c(cccc1-3)O4.[B]1B2[BH2-]P12(N=[P+]1B2[BH2-]B21)c1ccc2c3c1Oc1ccc4c5ccccc5n5c4c1B3c1c(cccc1-5)O2. The van der Waals surface area contributed by atoms with Gasteiger partial charge in [-0.05, 0) is 65.9 Å². The van der Waals surface area contributed by atoms with E-state index in [1.165, 1.54) is 186 Å². The summed E-state index contributed by atoms with van der Waals surface area (Å²) in [5, 5.41) is 15.5. The first-order valence-electron chi connectivity index (χ1n) is 52.0. The van der Waals surface area contributed by atoms with Crippen LogP contribution in [-0.2, 0) is 0 Å². The van der Waals surface area contributed by atoms with Crippen molar-refractivity contribution < 1.29 is 37.9 Å². The summed E-state index contributed by atoms with van der Waals surface area (Å²) in [6, 6.07) is 96.9. The molecule has 24 aliphatic rings. The third kappa shape index (κ3) is 8.09. The quantitative estimate of drug-likeness (QED) is 0.119. The van der Waals surface area contributed by atoms with Crippen molar-refractivity contribution in [3.8, 4) is 115 Å². The van der Waals surface area contributed by atoms with E-state index < -0.39 is 19.2 Å². The second kappa shape index (κ2) is 22.8. The van der Waals surface area contributed by atoms with E-state index >= 15 is 0 Å². The third-order valence-electron chi connectivity index (χ3n) is 40.7. The Morgan fingerprint density at radius 2 is 0.586 bits per heavy atom. The van der Waals surface area contributed by atoms with E-state index in [0.717, 1.165) is 153 Å². The van der Waals surface area contributed by atoms with Crippen LogP contribution in [0.25, 0.3) is 110 Å². The van der Waals surface area contributed by atoms with E-state index in [9.17, 15) is 0 Å². The molecule has 0 saturated carbocycles. The molecule has 12 saturated heterocycles. The molecule has 629 valence electrons. The molecule has 24 aliphatic heterocycles. The zero-order valence-corrected chi connectivity index (χ0v) is 82.1. The second-order valence-corrected chi connectivity index (χ2v) is 72.9. The summed E-state index contributed by atoms with van der Waals surface area (Å²) in [5.74, 6) is 15.8. The van der Waals surface area contributed by atoms with Gasteiger partial charge in [0.2, 0.25) is 0 Å². The number of para-hydroxylation sites is 3. The molecule has 0 unspecified atom stereocenters. The van der Waals surface area contributed by atoms with Crippen molar-refractivity contribution in [3.63, 3.8) is 0 Å². The van der Waals surface area contributed by atoms with Gasteiger partial charge in [-0.25, -0.2) is 0 Å². The van der Waals surface area contributed by atoms with Gasteiger partial charge in [0.05, 0.1) is 11.0 Å². The van der Waals surface area contributed by atoms with Crippen LogP contribution in [-0.4, -0.2) is 164 Å². The van der Waals surface area contributed by atoms with E-state index in [2.05, 4.69) is 307 Å². The van der Waals surface area contributed by atoms with E-state index in [0.29, 0.717) is 21.2 Å². The Hall–Kier alpha value is -11.9. The summed E-state index contributed by atoms with van der Waals surface area (Å²) in [6.45, 7) is 10.9. The number of nitrogens with zero attached hydrogens (tertiary/aromatic N) is 7. The molecule has 0 N–H and O–H groups in total. The molecule has 0 atom stereocenters. The molecule has 0 amide bonds. The summed E-state index contributed by atoms with van der Waals surface area (Å²) in [7, 11) is 1.27. The van der Waals surface area contributed by atoms with E-state index in [1.807, 2.05) is 6.07 Å². The Morgan fingerprint density at radius 1 is 0.257 bits per heavy atom. The number of fused-ring (bicyclic) bond motifs is 22. The summed E-state index contributed by atoms with van der Waals surface area (Å²) < 4.78 is 81.1. The first-order chi connectivity index (χ1) is 69.0. The molecule has 15 nitrogen and oxygen atoms in total. The molecule has 0 bridgehead atoms. The molecule has 140 heavy (non-hydrogen) atoms. The maximum atomic E-state index is 7.05. The van der Waals surface area contributed by atoms with Crippen LogP contribution in [0.15, 0.2) is 280 Å². The molecule has 3 radical (unpaired) electrons. The van der Waals surface area contributed by atoms with Crippen LogP contribution in [0.4, 0.5) is 0 Å². The molecule has 44 rings (SSSR count). The standard InChI is InChI=1S/C25H14BNO2.3C24H15B7N2O2P2/c1-13-5-2-6-15-21(13)14-11-12-20-24-25(14)27(15)16-7-3-8-17-22(16)26(24)23-18(28-17)9-4-10-19(23)29-20;1-2-6-14-12(5-1)13-11-19(37(26-29(37)27-37)32-36-30-25-31(30)36)24-22-23(13)33(14)15-7-3-8-16-20(15)28(22)21-17(34-16)9-4-10-18(21)35-24;1-2-6-13-12(5-1)20-19(37(26-29(37)27-37)32-36-30-25-31(30)36)11-18-23-24(20)33(13)14-7-3-8-15-21(14)28(23)22-16(34-15)9-4-10-17(22)35-18;1-2-5-14-12(4-1)13-8-9-17-21-23(13)33(14)15-6-3-7-16-20(15)28(21)22-18(34-16)10-11-19(24(22)35-17)37(26-29(37)27-37)32-36-30-25-31(30)36/h2-12H,1H3;3*1-11H,25-26H2/q;3*-1. The summed E-state index contributed by atoms with van der Waals surface area (Å²) >= 11 is 0. The van der Waals surface area contributed by atoms with Crippen molar-refractivity contribution in [2.75, 3.05) is 0 Å². The molecular weight excluding hydrogens is 1810 g/mol. The van der Waals surface area contributed by atoms with Gasteiger partial charge in [-0.3, -0.25) is 0 Å². The fourth-order valence-electron chi connectivity index (χ4n) is 31.9. The molecule has 0 aliphatic carbocycles. The van der Waals surface area contributed by atoms with Crippen LogP contribution >= 0.6 is 41.6 Å². The average Bonchev–Trinajstić information content (AvgIpc) is 1.42. The van der Waals surface area contributed by atoms with E-state index in [1.54, 1.807) is 5.30 Å². The predicted octanol–water partition coefficient (Wildman–Crippen LogP) is 8.78. The van der Waals surface area contributed by atoms with Crippen LogP contribution in [0.2, 0.25) is 0 Å². The molecule has 20 aromatic rings. The van der Waals surface area contributed by atoms with Gasteiger partial charge in [0, 0.05) is 21.9 Å². The predicted molar refractivity (Wildman–Crippen MR) is 621 cm³/mol. The Bertz CT molecular complexity index is 10100. The van der Waals surface area contributed by atoms with Crippen LogP contribution in [0.3, 0.4) is 0 Å². The van der Waals surface area contributed by atoms with Gasteiger partial charge in [-0.15, -0.1) is 0 Å². The van der Waals surface area contributed by atoms with Crippen molar-refractivity contribution in [1.29, 1.82) is 0 Å². The van der Waals surface area contributed by atoms with Crippen molar-refractivity contribution in [2.24, 2.45) is 13.5 Å². The molecule has 0 spiro atoms. The Kier molecular flexibility index (Phi) is 11.9. The van der Waals surface area contributed by atoms with Crippen LogP contribution < -0.4 is 119 Å². The fourth-order valence-corrected chi connectivity index (χ4v) is 70.0. The number of benzene rings is 16. The van der Waals surface area contributed by atoms with Crippen LogP contribution in [0.1, 0.15) is 5.56 Å². The number of hydrogen-bond acceptors (Lipinski definition) is 11. The van der Waals surface area contributed by atoms with Gasteiger partial charge in [0.25, 0.3) is 6.71 Å². The molecule has 28 heterocycles. The first kappa shape index (κ1) is 73.3. The number of aromatic nitrogens is 4. The van der Waals surface area contributed by atoms with Gasteiger partial charge in [-0.1, -0.05) is 24.3 Å².